The first-order valence-electron chi connectivity index (χ1n) is 4.08. The summed E-state index contributed by atoms with van der Waals surface area (Å²) in [6.07, 6.45) is 0. The van der Waals surface area contributed by atoms with Crippen LogP contribution in [0.4, 0.5) is 4.39 Å². The van der Waals surface area contributed by atoms with Crippen LogP contribution in [0.25, 0.3) is 0 Å². The van der Waals surface area contributed by atoms with Crippen LogP contribution in [0.15, 0.2) is 29.3 Å². The Morgan fingerprint density at radius 2 is 2.29 bits per heavy atom. The van der Waals surface area contributed by atoms with Crippen LogP contribution in [0.1, 0.15) is 5.56 Å². The zero-order valence-electron chi connectivity index (χ0n) is 7.49. The summed E-state index contributed by atoms with van der Waals surface area (Å²) in [5.41, 5.74) is 0.489. The molecule has 1 aromatic rings. The van der Waals surface area contributed by atoms with Gasteiger partial charge in [-0.25, -0.2) is 4.39 Å². The Kier molecular flexibility index (Phi) is 4.58. The van der Waals surface area contributed by atoms with E-state index in [1.54, 1.807) is 12.1 Å². The fourth-order valence-corrected chi connectivity index (χ4v) is 1.45. The molecule has 0 saturated heterocycles. The van der Waals surface area contributed by atoms with Gasteiger partial charge in [0.2, 0.25) is 0 Å². The molecule has 0 fully saturated rings. The van der Waals surface area contributed by atoms with Gasteiger partial charge < -0.3 is 5.32 Å². The van der Waals surface area contributed by atoms with E-state index in [1.165, 1.54) is 6.07 Å². The quantitative estimate of drug-likeness (QED) is 0.889. The summed E-state index contributed by atoms with van der Waals surface area (Å²) in [7, 11) is 0. The third kappa shape index (κ3) is 3.40. The highest BCUT2D eigenvalue weighted by Crippen LogP contribution is 2.18. The Bertz CT molecular complexity index is 321. The average molecular weight is 279 g/mol. The van der Waals surface area contributed by atoms with Gasteiger partial charge in [-0.3, -0.25) is 0 Å². The summed E-state index contributed by atoms with van der Waals surface area (Å²) < 4.78 is 14.0. The first-order valence-corrected chi connectivity index (χ1v) is 5.25. The Balaban J connectivity index is 2.62. The van der Waals surface area contributed by atoms with Crippen LogP contribution in [0.5, 0.6) is 0 Å². The summed E-state index contributed by atoms with van der Waals surface area (Å²) in [6.45, 7) is 4.65. The second-order valence-corrected chi connectivity index (χ2v) is 4.35. The monoisotopic (exact) mass is 277 g/mol. The van der Waals surface area contributed by atoms with Crippen molar-refractivity contribution in [1.29, 1.82) is 0 Å². The van der Waals surface area contributed by atoms with Crippen LogP contribution in [0.3, 0.4) is 0 Å². The Labute approximate surface area is 96.1 Å². The minimum Gasteiger partial charge on any atom is -0.308 e. The highest BCUT2D eigenvalue weighted by molar-refractivity contribution is 9.11. The molecule has 0 spiro atoms. The van der Waals surface area contributed by atoms with Crippen LogP contribution < -0.4 is 5.32 Å². The third-order valence-electron chi connectivity index (χ3n) is 1.68. The average Bonchev–Trinajstić information content (AvgIpc) is 2.09. The van der Waals surface area contributed by atoms with E-state index in [9.17, 15) is 4.39 Å². The lowest BCUT2D eigenvalue weighted by molar-refractivity contribution is 0.596. The molecule has 1 nitrogen and oxygen atoms in total. The van der Waals surface area contributed by atoms with Crippen LogP contribution in [0, 0.1) is 5.82 Å². The molecular formula is C10H10BrClFN. The predicted molar refractivity (Wildman–Crippen MR) is 61.2 cm³/mol. The van der Waals surface area contributed by atoms with Gasteiger partial charge in [0.1, 0.15) is 5.82 Å². The van der Waals surface area contributed by atoms with Crippen LogP contribution in [-0.4, -0.2) is 6.54 Å². The van der Waals surface area contributed by atoms with Crippen molar-refractivity contribution in [2.24, 2.45) is 0 Å². The fraction of sp³-hybridized carbons (Fsp3) is 0.200. The van der Waals surface area contributed by atoms with Gasteiger partial charge in [-0.2, -0.15) is 0 Å². The van der Waals surface area contributed by atoms with Crippen molar-refractivity contribution in [3.63, 3.8) is 0 Å². The number of nitrogens with one attached hydrogen (secondary N) is 1. The molecule has 76 valence electrons. The number of halogens is 3. The lowest BCUT2D eigenvalue weighted by Gasteiger charge is -2.06. The topological polar surface area (TPSA) is 12.0 Å². The molecule has 1 rings (SSSR count). The summed E-state index contributed by atoms with van der Waals surface area (Å²) in [6, 6.07) is 4.65. The van der Waals surface area contributed by atoms with Gasteiger partial charge in [-0.15, -0.1) is 0 Å². The van der Waals surface area contributed by atoms with E-state index >= 15 is 0 Å². The molecule has 0 atom stereocenters. The van der Waals surface area contributed by atoms with Gasteiger partial charge >= 0.3 is 0 Å². The maximum Gasteiger partial charge on any atom is 0.129 e. The van der Waals surface area contributed by atoms with Crippen molar-refractivity contribution in [2.45, 2.75) is 6.54 Å². The molecule has 0 radical (unpaired) electrons. The highest BCUT2D eigenvalue weighted by atomic mass is 79.9. The molecule has 0 aliphatic carbocycles. The molecule has 0 unspecified atom stereocenters. The lowest BCUT2D eigenvalue weighted by Crippen LogP contribution is -2.15. The summed E-state index contributed by atoms with van der Waals surface area (Å²) in [4.78, 5) is 0. The van der Waals surface area contributed by atoms with Crippen molar-refractivity contribution >= 4 is 27.5 Å². The molecule has 0 aliphatic heterocycles. The summed E-state index contributed by atoms with van der Waals surface area (Å²) >= 11 is 9.03. The number of hydrogen-bond donors (Lipinski definition) is 1. The molecule has 0 saturated carbocycles. The van der Waals surface area contributed by atoms with Crippen LogP contribution in [-0.2, 0) is 6.54 Å². The minimum absolute atomic E-state index is 0.287. The Hall–Kier alpha value is -0.380. The second kappa shape index (κ2) is 5.49. The van der Waals surface area contributed by atoms with Crippen LogP contribution >= 0.6 is 27.5 Å². The first-order chi connectivity index (χ1) is 6.61. The Morgan fingerprint density at radius 1 is 1.57 bits per heavy atom. The van der Waals surface area contributed by atoms with Gasteiger partial charge in [0, 0.05) is 28.2 Å². The standard InChI is InChI=1S/C10H10BrClFN/c1-7(11)5-14-6-8-9(12)3-2-4-10(8)13/h2-4,14H,1,5-6H2. The van der Waals surface area contributed by atoms with E-state index in [-0.39, 0.29) is 5.82 Å². The molecule has 14 heavy (non-hydrogen) atoms. The third-order valence-corrected chi connectivity index (χ3v) is 2.31. The molecule has 0 amide bonds. The number of rotatable bonds is 4. The van der Waals surface area contributed by atoms with Crippen LogP contribution in [0.2, 0.25) is 5.02 Å². The Morgan fingerprint density at radius 3 is 2.86 bits per heavy atom. The highest BCUT2D eigenvalue weighted by Gasteiger charge is 2.05. The molecular weight excluding hydrogens is 268 g/mol. The van der Waals surface area contributed by atoms with E-state index in [4.69, 9.17) is 11.6 Å². The van der Waals surface area contributed by atoms with Gasteiger partial charge in [0.05, 0.1) is 0 Å². The molecule has 0 aromatic heterocycles. The smallest absolute Gasteiger partial charge is 0.129 e. The van der Waals surface area contributed by atoms with E-state index < -0.39 is 0 Å². The van der Waals surface area contributed by atoms with Gasteiger partial charge in [0.15, 0.2) is 0 Å². The predicted octanol–water partition coefficient (Wildman–Crippen LogP) is 3.48. The first kappa shape index (κ1) is 11.7. The zero-order chi connectivity index (χ0) is 10.6. The van der Waals surface area contributed by atoms with Crippen molar-refractivity contribution in [3.05, 3.63) is 45.7 Å². The zero-order valence-corrected chi connectivity index (χ0v) is 9.83. The number of benzene rings is 1. The maximum atomic E-state index is 13.2. The fourth-order valence-electron chi connectivity index (χ4n) is 1.02. The molecule has 4 heteroatoms. The van der Waals surface area contributed by atoms with Gasteiger partial charge in [-0.1, -0.05) is 40.2 Å². The van der Waals surface area contributed by atoms with Crippen molar-refractivity contribution in [3.8, 4) is 0 Å². The second-order valence-electron chi connectivity index (χ2n) is 2.82. The van der Waals surface area contributed by atoms with E-state index in [0.717, 1.165) is 4.48 Å². The van der Waals surface area contributed by atoms with E-state index in [1.807, 2.05) is 0 Å². The van der Waals surface area contributed by atoms with Gasteiger partial charge in [-0.05, 0) is 12.1 Å². The molecule has 0 heterocycles. The normalized spacial score (nSPS) is 10.2. The molecule has 1 aromatic carbocycles. The van der Waals surface area contributed by atoms with E-state index in [0.29, 0.717) is 23.7 Å². The molecule has 0 aliphatic rings. The largest absolute Gasteiger partial charge is 0.308 e. The summed E-state index contributed by atoms with van der Waals surface area (Å²) in [5, 5.41) is 3.45. The minimum atomic E-state index is -0.287. The van der Waals surface area contributed by atoms with Gasteiger partial charge in [0.25, 0.3) is 0 Å². The maximum absolute atomic E-state index is 13.2. The molecule has 0 bridgehead atoms. The number of hydrogen-bond acceptors (Lipinski definition) is 1. The van der Waals surface area contributed by atoms with Crippen molar-refractivity contribution in [1.82, 2.24) is 5.32 Å². The van der Waals surface area contributed by atoms with E-state index in [2.05, 4.69) is 27.8 Å². The summed E-state index contributed by atoms with van der Waals surface area (Å²) in [5.74, 6) is -0.287. The lowest BCUT2D eigenvalue weighted by atomic mass is 10.2. The van der Waals surface area contributed by atoms with Crippen molar-refractivity contribution in [2.75, 3.05) is 6.54 Å². The SMILES string of the molecule is C=C(Br)CNCc1c(F)cccc1Cl. The molecule has 1 N–H and O–H groups in total. The van der Waals surface area contributed by atoms with Crippen molar-refractivity contribution < 1.29 is 4.39 Å².